The molecule has 1 fully saturated rings. The Bertz CT molecular complexity index is 1230. The molecule has 9 heteroatoms. The number of fused-ring (bicyclic) bond motifs is 2. The molecule has 5 nitrogen and oxygen atoms in total. The highest BCUT2D eigenvalue weighted by molar-refractivity contribution is 8.15. The van der Waals surface area contributed by atoms with Gasteiger partial charge in [-0.05, 0) is 22.8 Å². The van der Waals surface area contributed by atoms with E-state index < -0.39 is 5.72 Å². The maximum atomic E-state index is 11.9. The lowest BCUT2D eigenvalue weighted by Gasteiger charge is -2.38. The molecule has 0 amide bonds. The summed E-state index contributed by atoms with van der Waals surface area (Å²) in [5, 5.41) is 17.1. The average molecular weight is 546 g/mol. The number of halogens is 2. The fourth-order valence-electron chi connectivity index (χ4n) is 4.66. The van der Waals surface area contributed by atoms with Crippen LogP contribution in [0.2, 0.25) is 0 Å². The number of hydrogen-bond donors (Lipinski definition) is 2. The molecular weight excluding hydrogens is 519 g/mol. The first-order valence-corrected chi connectivity index (χ1v) is 13.0. The molecular formula is C26H26Cl2N4OS2. The van der Waals surface area contributed by atoms with Gasteiger partial charge in [0.25, 0.3) is 0 Å². The van der Waals surface area contributed by atoms with E-state index in [1.165, 1.54) is 11.1 Å². The third-order valence-electron chi connectivity index (χ3n) is 6.28. The van der Waals surface area contributed by atoms with Crippen LogP contribution in [-0.2, 0) is 6.54 Å². The molecule has 0 aliphatic carbocycles. The van der Waals surface area contributed by atoms with Gasteiger partial charge >= 0.3 is 0 Å². The van der Waals surface area contributed by atoms with Gasteiger partial charge in [0.15, 0.2) is 16.1 Å². The van der Waals surface area contributed by atoms with E-state index in [-0.39, 0.29) is 36.9 Å². The van der Waals surface area contributed by atoms with E-state index >= 15 is 0 Å². The van der Waals surface area contributed by atoms with Crippen molar-refractivity contribution < 1.29 is 5.11 Å². The Balaban J connectivity index is 0.00000144. The summed E-state index contributed by atoms with van der Waals surface area (Å²) >= 11 is 3.22. The number of thioether (sulfide) groups is 2. The zero-order chi connectivity index (χ0) is 22.3. The van der Waals surface area contributed by atoms with Crippen LogP contribution in [0, 0.1) is 0 Å². The van der Waals surface area contributed by atoms with E-state index in [9.17, 15) is 5.11 Å². The first kappa shape index (κ1) is 25.9. The van der Waals surface area contributed by atoms with Crippen LogP contribution in [0.5, 0.6) is 0 Å². The molecule has 3 atom stereocenters. The van der Waals surface area contributed by atoms with Crippen molar-refractivity contribution in [3.63, 3.8) is 0 Å². The van der Waals surface area contributed by atoms with Gasteiger partial charge in [-0.3, -0.25) is 4.99 Å². The lowest BCUT2D eigenvalue weighted by Crippen LogP contribution is -2.50. The van der Waals surface area contributed by atoms with E-state index in [4.69, 9.17) is 9.98 Å². The van der Waals surface area contributed by atoms with E-state index in [1.807, 2.05) is 30.3 Å². The molecule has 0 spiro atoms. The van der Waals surface area contributed by atoms with Gasteiger partial charge in [-0.2, -0.15) is 0 Å². The van der Waals surface area contributed by atoms with Crippen molar-refractivity contribution in [2.24, 2.45) is 9.98 Å². The monoisotopic (exact) mass is 544 g/mol. The van der Waals surface area contributed by atoms with E-state index in [0.29, 0.717) is 11.5 Å². The Kier molecular flexibility index (Phi) is 8.03. The van der Waals surface area contributed by atoms with Gasteiger partial charge in [0.05, 0.1) is 11.7 Å². The van der Waals surface area contributed by atoms with Crippen LogP contribution in [0.4, 0.5) is 5.69 Å². The summed E-state index contributed by atoms with van der Waals surface area (Å²) in [6.07, 6.45) is 0. The SMILES string of the molecule is Cl.Cl.OC1(CSC2=Nc3ccccc3CN2)CSC2=NC(c3ccccc3)C(c3ccccc3)N21. The molecule has 0 aromatic heterocycles. The average Bonchev–Trinajstić information content (AvgIpc) is 3.42. The Morgan fingerprint density at radius 1 is 0.943 bits per heavy atom. The van der Waals surface area contributed by atoms with E-state index in [0.717, 1.165) is 28.1 Å². The molecule has 3 unspecified atom stereocenters. The summed E-state index contributed by atoms with van der Waals surface area (Å²) in [5.74, 6) is 1.10. The second-order valence-electron chi connectivity index (χ2n) is 8.45. The van der Waals surface area contributed by atoms with Gasteiger partial charge in [0, 0.05) is 18.1 Å². The smallest absolute Gasteiger partial charge is 0.162 e. The van der Waals surface area contributed by atoms with Crippen molar-refractivity contribution in [3.05, 3.63) is 102 Å². The summed E-state index contributed by atoms with van der Waals surface area (Å²) in [6.45, 7) is 0.758. The fraction of sp³-hybridized carbons (Fsp3) is 0.231. The quantitative estimate of drug-likeness (QED) is 0.425. The summed E-state index contributed by atoms with van der Waals surface area (Å²) in [4.78, 5) is 12.0. The lowest BCUT2D eigenvalue weighted by molar-refractivity contribution is -0.0394. The highest BCUT2D eigenvalue weighted by atomic mass is 35.5. The van der Waals surface area contributed by atoms with Crippen molar-refractivity contribution in [2.75, 3.05) is 11.5 Å². The van der Waals surface area contributed by atoms with Crippen LogP contribution >= 0.6 is 48.3 Å². The fourth-order valence-corrected chi connectivity index (χ4v) is 6.95. The number of nitrogens with one attached hydrogen (secondary N) is 1. The van der Waals surface area contributed by atoms with Gasteiger partial charge in [-0.15, -0.1) is 24.8 Å². The van der Waals surface area contributed by atoms with Gasteiger partial charge < -0.3 is 15.3 Å². The molecule has 35 heavy (non-hydrogen) atoms. The van der Waals surface area contributed by atoms with Crippen molar-refractivity contribution in [3.8, 4) is 0 Å². The molecule has 3 aromatic carbocycles. The summed E-state index contributed by atoms with van der Waals surface area (Å²) in [5.41, 5.74) is 3.51. The van der Waals surface area contributed by atoms with Gasteiger partial charge in [-0.1, -0.05) is 102 Å². The molecule has 0 radical (unpaired) electrons. The number of amidine groups is 2. The highest BCUT2D eigenvalue weighted by Crippen LogP contribution is 2.51. The first-order valence-electron chi connectivity index (χ1n) is 11.1. The standard InChI is InChI=1S/C26H24N4OS2.2ClH/c31-26(16-32-24-27-15-20-13-7-8-14-21(20)28-24)17-33-25-29-22(18-9-3-1-4-10-18)23(30(25)26)19-11-5-2-6-12-19;;/h1-14,22-23,31H,15-17H2,(H,27,28);2*1H. The zero-order valence-electron chi connectivity index (χ0n) is 18.8. The minimum Gasteiger partial charge on any atom is -0.369 e. The van der Waals surface area contributed by atoms with Crippen LogP contribution in [-0.4, -0.2) is 37.6 Å². The molecule has 1 saturated heterocycles. The first-order chi connectivity index (χ1) is 16.2. The van der Waals surface area contributed by atoms with Crippen LogP contribution in [0.25, 0.3) is 0 Å². The Hall–Kier alpha value is -2.16. The van der Waals surface area contributed by atoms with Crippen LogP contribution < -0.4 is 5.32 Å². The molecule has 3 aliphatic heterocycles. The maximum absolute atomic E-state index is 11.9. The maximum Gasteiger partial charge on any atom is 0.162 e. The molecule has 6 rings (SSSR count). The molecule has 3 aromatic rings. The Labute approximate surface area is 226 Å². The summed E-state index contributed by atoms with van der Waals surface area (Å²) in [7, 11) is 0. The molecule has 3 heterocycles. The topological polar surface area (TPSA) is 60.2 Å². The van der Waals surface area contributed by atoms with Gasteiger partial charge in [0.2, 0.25) is 0 Å². The molecule has 2 N–H and O–H groups in total. The second-order valence-corrected chi connectivity index (χ2v) is 10.4. The molecule has 182 valence electrons. The molecule has 0 saturated carbocycles. The van der Waals surface area contributed by atoms with Crippen LogP contribution in [0.3, 0.4) is 0 Å². The second kappa shape index (κ2) is 10.8. The minimum absolute atomic E-state index is 0. The third kappa shape index (κ3) is 4.93. The number of para-hydroxylation sites is 1. The predicted molar refractivity (Wildman–Crippen MR) is 152 cm³/mol. The largest absolute Gasteiger partial charge is 0.369 e. The van der Waals surface area contributed by atoms with Crippen molar-refractivity contribution in [1.29, 1.82) is 0 Å². The molecule has 3 aliphatic rings. The zero-order valence-corrected chi connectivity index (χ0v) is 22.0. The van der Waals surface area contributed by atoms with E-state index in [2.05, 4.69) is 64.8 Å². The van der Waals surface area contributed by atoms with Gasteiger partial charge in [0.1, 0.15) is 6.04 Å². The predicted octanol–water partition coefficient (Wildman–Crippen LogP) is 5.94. The normalized spacial score (nSPS) is 24.2. The number of aliphatic imine (C=N–C) groups is 2. The minimum atomic E-state index is -1.01. The number of nitrogens with zero attached hydrogens (tertiary/aromatic N) is 3. The third-order valence-corrected chi connectivity index (χ3v) is 8.56. The van der Waals surface area contributed by atoms with Gasteiger partial charge in [-0.25, -0.2) is 4.99 Å². The number of rotatable bonds is 4. The van der Waals surface area contributed by atoms with Crippen LogP contribution in [0.1, 0.15) is 28.8 Å². The number of hydrogen-bond acceptors (Lipinski definition) is 7. The van der Waals surface area contributed by atoms with Crippen molar-refractivity contribution in [2.45, 2.75) is 24.4 Å². The van der Waals surface area contributed by atoms with Crippen molar-refractivity contribution >= 4 is 64.4 Å². The Morgan fingerprint density at radius 2 is 1.60 bits per heavy atom. The number of benzene rings is 3. The van der Waals surface area contributed by atoms with E-state index in [1.54, 1.807) is 23.5 Å². The van der Waals surface area contributed by atoms with Crippen LogP contribution in [0.15, 0.2) is 94.9 Å². The highest BCUT2D eigenvalue weighted by Gasteiger charge is 2.53. The Morgan fingerprint density at radius 3 is 2.34 bits per heavy atom. The lowest BCUT2D eigenvalue weighted by atomic mass is 9.93. The van der Waals surface area contributed by atoms with Crippen molar-refractivity contribution in [1.82, 2.24) is 10.2 Å². The summed E-state index contributed by atoms with van der Waals surface area (Å²) in [6, 6.07) is 28.9. The number of aliphatic hydroxyl groups is 1. The molecule has 0 bridgehead atoms. The summed E-state index contributed by atoms with van der Waals surface area (Å²) < 4.78 is 0.